The fourth-order valence-electron chi connectivity index (χ4n) is 1.32. The molecule has 0 radical (unpaired) electrons. The van der Waals surface area contributed by atoms with Crippen molar-refractivity contribution in [2.75, 3.05) is 0 Å². The first-order valence-corrected chi connectivity index (χ1v) is 5.70. The predicted octanol–water partition coefficient (Wildman–Crippen LogP) is 4.01. The molecule has 0 atom stereocenters. The van der Waals surface area contributed by atoms with Crippen molar-refractivity contribution in [2.24, 2.45) is 0 Å². The van der Waals surface area contributed by atoms with Gasteiger partial charge in [0.1, 0.15) is 11.0 Å². The second kappa shape index (κ2) is 4.47. The van der Waals surface area contributed by atoms with Gasteiger partial charge in [0.15, 0.2) is 5.82 Å². The Morgan fingerprint density at radius 2 is 2.00 bits per heavy atom. The highest BCUT2D eigenvalue weighted by atomic mass is 79.9. The number of hydrogen-bond donors (Lipinski definition) is 0. The van der Waals surface area contributed by atoms with Gasteiger partial charge in [-0.2, -0.15) is 0 Å². The van der Waals surface area contributed by atoms with E-state index in [1.807, 2.05) is 6.92 Å². The Kier molecular flexibility index (Phi) is 3.21. The lowest BCUT2D eigenvalue weighted by Crippen LogP contribution is -1.93. The van der Waals surface area contributed by atoms with Gasteiger partial charge in [-0.25, -0.2) is 14.4 Å². The molecule has 1 aromatic heterocycles. The van der Waals surface area contributed by atoms with Gasteiger partial charge >= 0.3 is 0 Å². The SMILES string of the molecule is Cc1cc(Cl)nc(-c2ccc(F)cc2Br)n1. The lowest BCUT2D eigenvalue weighted by molar-refractivity contribution is 0.627. The first-order valence-electron chi connectivity index (χ1n) is 4.53. The number of aromatic nitrogens is 2. The fraction of sp³-hybridized carbons (Fsp3) is 0.0909. The molecule has 16 heavy (non-hydrogen) atoms. The zero-order valence-corrected chi connectivity index (χ0v) is 10.7. The van der Waals surface area contributed by atoms with E-state index < -0.39 is 0 Å². The molecule has 0 saturated carbocycles. The summed E-state index contributed by atoms with van der Waals surface area (Å²) in [6.45, 7) is 1.83. The van der Waals surface area contributed by atoms with Crippen LogP contribution in [-0.2, 0) is 0 Å². The average molecular weight is 302 g/mol. The van der Waals surface area contributed by atoms with Gasteiger partial charge in [-0.1, -0.05) is 11.6 Å². The highest BCUT2D eigenvalue weighted by molar-refractivity contribution is 9.10. The lowest BCUT2D eigenvalue weighted by Gasteiger charge is -2.04. The molecular formula is C11H7BrClFN2. The number of hydrogen-bond acceptors (Lipinski definition) is 2. The van der Waals surface area contributed by atoms with Crippen LogP contribution >= 0.6 is 27.5 Å². The summed E-state index contributed by atoms with van der Waals surface area (Å²) < 4.78 is 13.5. The third kappa shape index (κ3) is 2.39. The number of aryl methyl sites for hydroxylation is 1. The molecule has 0 fully saturated rings. The van der Waals surface area contributed by atoms with Crippen molar-refractivity contribution in [3.63, 3.8) is 0 Å². The fourth-order valence-corrected chi connectivity index (χ4v) is 2.09. The van der Waals surface area contributed by atoms with Gasteiger partial charge in [0.2, 0.25) is 0 Å². The number of nitrogens with zero attached hydrogens (tertiary/aromatic N) is 2. The molecule has 5 heteroatoms. The van der Waals surface area contributed by atoms with E-state index in [1.165, 1.54) is 12.1 Å². The van der Waals surface area contributed by atoms with Gasteiger partial charge < -0.3 is 0 Å². The summed E-state index contributed by atoms with van der Waals surface area (Å²) >= 11 is 9.11. The molecule has 2 rings (SSSR count). The molecular weight excluding hydrogens is 294 g/mol. The van der Waals surface area contributed by atoms with Crippen LogP contribution in [-0.4, -0.2) is 9.97 Å². The number of rotatable bonds is 1. The van der Waals surface area contributed by atoms with E-state index in [1.54, 1.807) is 12.1 Å². The van der Waals surface area contributed by atoms with Gasteiger partial charge in [-0.15, -0.1) is 0 Å². The molecule has 1 heterocycles. The standard InChI is InChI=1S/C11H7BrClFN2/c1-6-4-10(13)16-11(15-6)8-3-2-7(14)5-9(8)12/h2-5H,1H3. The second-order valence-electron chi connectivity index (χ2n) is 3.28. The van der Waals surface area contributed by atoms with Crippen molar-refractivity contribution in [3.8, 4) is 11.4 Å². The van der Waals surface area contributed by atoms with Crippen LogP contribution in [0.5, 0.6) is 0 Å². The lowest BCUT2D eigenvalue weighted by atomic mass is 10.2. The maximum absolute atomic E-state index is 12.9. The molecule has 0 amide bonds. The maximum atomic E-state index is 12.9. The molecule has 0 spiro atoms. The van der Waals surface area contributed by atoms with E-state index in [2.05, 4.69) is 25.9 Å². The van der Waals surface area contributed by atoms with E-state index in [-0.39, 0.29) is 5.82 Å². The topological polar surface area (TPSA) is 25.8 Å². The molecule has 0 saturated heterocycles. The second-order valence-corrected chi connectivity index (χ2v) is 4.52. The largest absolute Gasteiger partial charge is 0.233 e. The first-order chi connectivity index (χ1) is 7.56. The molecule has 0 aliphatic carbocycles. The van der Waals surface area contributed by atoms with Crippen molar-refractivity contribution in [1.29, 1.82) is 0 Å². The molecule has 0 bridgehead atoms. The molecule has 2 aromatic rings. The Balaban J connectivity index is 2.58. The number of halogens is 3. The minimum atomic E-state index is -0.311. The molecule has 82 valence electrons. The van der Waals surface area contributed by atoms with Crippen molar-refractivity contribution >= 4 is 27.5 Å². The molecule has 0 aliphatic heterocycles. The Bertz CT molecular complexity index is 525. The summed E-state index contributed by atoms with van der Waals surface area (Å²) in [5.41, 5.74) is 1.48. The quantitative estimate of drug-likeness (QED) is 0.744. The third-order valence-corrected chi connectivity index (χ3v) is 2.84. The smallest absolute Gasteiger partial charge is 0.162 e. The maximum Gasteiger partial charge on any atom is 0.162 e. The van der Waals surface area contributed by atoms with Crippen LogP contribution in [0, 0.1) is 12.7 Å². The van der Waals surface area contributed by atoms with Gasteiger partial charge in [-0.05, 0) is 47.1 Å². The zero-order chi connectivity index (χ0) is 11.7. The van der Waals surface area contributed by atoms with Crippen LogP contribution in [0.4, 0.5) is 4.39 Å². The molecule has 0 aliphatic rings. The summed E-state index contributed by atoms with van der Waals surface area (Å²) in [6.07, 6.45) is 0. The molecule has 2 nitrogen and oxygen atoms in total. The van der Waals surface area contributed by atoms with E-state index in [0.717, 1.165) is 5.69 Å². The van der Waals surface area contributed by atoms with Crippen LogP contribution in [0.3, 0.4) is 0 Å². The van der Waals surface area contributed by atoms with Gasteiger partial charge in [0.25, 0.3) is 0 Å². The number of benzene rings is 1. The molecule has 1 aromatic carbocycles. The Morgan fingerprint density at radius 3 is 2.62 bits per heavy atom. The van der Waals surface area contributed by atoms with Crippen molar-refractivity contribution in [1.82, 2.24) is 9.97 Å². The van der Waals surface area contributed by atoms with Crippen LogP contribution in [0.2, 0.25) is 5.15 Å². The van der Waals surface area contributed by atoms with Gasteiger partial charge in [-0.3, -0.25) is 0 Å². The monoisotopic (exact) mass is 300 g/mol. The minimum Gasteiger partial charge on any atom is -0.233 e. The Hall–Kier alpha value is -1.000. The average Bonchev–Trinajstić information content (AvgIpc) is 2.15. The van der Waals surface area contributed by atoms with Crippen LogP contribution in [0.25, 0.3) is 11.4 Å². The molecule has 0 unspecified atom stereocenters. The van der Waals surface area contributed by atoms with Crippen molar-refractivity contribution in [3.05, 3.63) is 45.4 Å². The highest BCUT2D eigenvalue weighted by Crippen LogP contribution is 2.27. The summed E-state index contributed by atoms with van der Waals surface area (Å²) in [7, 11) is 0. The minimum absolute atomic E-state index is 0.311. The van der Waals surface area contributed by atoms with Crippen LogP contribution in [0.15, 0.2) is 28.7 Å². The predicted molar refractivity (Wildman–Crippen MR) is 64.9 cm³/mol. The summed E-state index contributed by atoms with van der Waals surface area (Å²) in [4.78, 5) is 8.34. The van der Waals surface area contributed by atoms with E-state index in [9.17, 15) is 4.39 Å². The Morgan fingerprint density at radius 1 is 1.25 bits per heavy atom. The van der Waals surface area contributed by atoms with Crippen LogP contribution < -0.4 is 0 Å². The van der Waals surface area contributed by atoms with E-state index in [4.69, 9.17) is 11.6 Å². The summed E-state index contributed by atoms with van der Waals surface area (Å²) in [5.74, 6) is 0.172. The Labute approximate surface area is 106 Å². The normalized spacial score (nSPS) is 10.5. The van der Waals surface area contributed by atoms with Crippen molar-refractivity contribution in [2.45, 2.75) is 6.92 Å². The highest BCUT2D eigenvalue weighted by Gasteiger charge is 2.08. The zero-order valence-electron chi connectivity index (χ0n) is 8.34. The van der Waals surface area contributed by atoms with E-state index >= 15 is 0 Å². The van der Waals surface area contributed by atoms with Crippen LogP contribution in [0.1, 0.15) is 5.69 Å². The third-order valence-electron chi connectivity index (χ3n) is 1.99. The van der Waals surface area contributed by atoms with E-state index in [0.29, 0.717) is 21.0 Å². The first kappa shape index (κ1) is 11.5. The van der Waals surface area contributed by atoms with Crippen molar-refractivity contribution < 1.29 is 4.39 Å². The summed E-state index contributed by atoms with van der Waals surface area (Å²) in [5, 5.41) is 0.374. The van der Waals surface area contributed by atoms with Gasteiger partial charge in [0.05, 0.1) is 0 Å². The van der Waals surface area contributed by atoms with Gasteiger partial charge in [0, 0.05) is 15.7 Å². The molecule has 0 N–H and O–H groups in total. The summed E-state index contributed by atoms with van der Waals surface area (Å²) in [6, 6.07) is 6.02.